The Morgan fingerprint density at radius 3 is 2.83 bits per heavy atom. The monoisotopic (exact) mass is 489 g/mol. The third kappa shape index (κ3) is 4.94. The fourth-order valence-electron chi connectivity index (χ4n) is 4.17. The number of carbonyl (C=O) groups is 1. The van der Waals surface area contributed by atoms with Crippen LogP contribution >= 0.6 is 0 Å². The Hall–Kier alpha value is -3.62. The van der Waals surface area contributed by atoms with Gasteiger partial charge in [-0.15, -0.1) is 0 Å². The molecule has 178 valence electrons. The molecule has 1 amide bonds. The van der Waals surface area contributed by atoms with Crippen molar-refractivity contribution in [2.45, 2.75) is 13.3 Å². The number of halogens is 1. The lowest BCUT2D eigenvalue weighted by Gasteiger charge is -2.27. The Labute approximate surface area is 205 Å². The smallest absolute Gasteiger partial charge is 0.258 e. The highest BCUT2D eigenvalue weighted by Gasteiger charge is 2.21. The Balaban J connectivity index is 1.35. The molecular formula is C27H24FN3O3S. The molecule has 5 rings (SSSR count). The van der Waals surface area contributed by atoms with Gasteiger partial charge in [-0.1, -0.05) is 30.3 Å². The minimum atomic E-state index is -1.38. The van der Waals surface area contributed by atoms with Crippen LogP contribution in [0.25, 0.3) is 10.8 Å². The van der Waals surface area contributed by atoms with Gasteiger partial charge < -0.3 is 10.1 Å². The van der Waals surface area contributed by atoms with Gasteiger partial charge in [-0.3, -0.25) is 14.1 Å². The lowest BCUT2D eigenvalue weighted by Crippen LogP contribution is -2.37. The summed E-state index contributed by atoms with van der Waals surface area (Å²) in [5.74, 6) is -1.14. The highest BCUT2D eigenvalue weighted by Crippen LogP contribution is 2.25. The number of ether oxygens (including phenoxy) is 1. The Morgan fingerprint density at radius 1 is 1.14 bits per heavy atom. The molecule has 8 heteroatoms. The first-order valence-electron chi connectivity index (χ1n) is 11.3. The van der Waals surface area contributed by atoms with Gasteiger partial charge >= 0.3 is 0 Å². The van der Waals surface area contributed by atoms with Crippen molar-refractivity contribution in [2.24, 2.45) is 0 Å². The quantitative estimate of drug-likeness (QED) is 0.429. The van der Waals surface area contributed by atoms with E-state index in [9.17, 15) is 13.4 Å². The first kappa shape index (κ1) is 23.1. The van der Waals surface area contributed by atoms with E-state index in [-0.39, 0.29) is 11.5 Å². The summed E-state index contributed by atoms with van der Waals surface area (Å²) in [5, 5.41) is 5.02. The molecule has 1 aliphatic heterocycles. The molecular weight excluding hydrogens is 465 g/mol. The SMILES string of the molecule is Cc1ccc(NC(=O)c2ccc(N3CCOCS3=O)cc2F)cc1Cc1nccc2ccccc12. The number of carbonyl (C=O) groups excluding carboxylic acids is 1. The molecule has 0 bridgehead atoms. The van der Waals surface area contributed by atoms with E-state index in [2.05, 4.69) is 22.4 Å². The van der Waals surface area contributed by atoms with Crippen LogP contribution < -0.4 is 9.62 Å². The number of anilines is 2. The molecule has 1 N–H and O–H groups in total. The second kappa shape index (κ2) is 9.93. The van der Waals surface area contributed by atoms with Gasteiger partial charge in [0.1, 0.15) is 22.7 Å². The molecule has 1 fully saturated rings. The maximum atomic E-state index is 14.8. The second-order valence-electron chi connectivity index (χ2n) is 8.36. The zero-order valence-corrected chi connectivity index (χ0v) is 20.0. The van der Waals surface area contributed by atoms with E-state index in [1.165, 1.54) is 12.1 Å². The van der Waals surface area contributed by atoms with Crippen molar-refractivity contribution in [2.75, 3.05) is 28.7 Å². The van der Waals surface area contributed by atoms with Crippen molar-refractivity contribution >= 4 is 39.0 Å². The van der Waals surface area contributed by atoms with Gasteiger partial charge in [-0.2, -0.15) is 0 Å². The maximum absolute atomic E-state index is 14.8. The van der Waals surface area contributed by atoms with Crippen LogP contribution in [-0.4, -0.2) is 34.2 Å². The van der Waals surface area contributed by atoms with E-state index >= 15 is 0 Å². The molecule has 1 unspecified atom stereocenters. The van der Waals surface area contributed by atoms with Gasteiger partial charge in [-0.05, 0) is 59.8 Å². The largest absolute Gasteiger partial charge is 0.364 e. The number of amides is 1. The number of hydrogen-bond donors (Lipinski definition) is 1. The lowest BCUT2D eigenvalue weighted by molar-refractivity contribution is 0.102. The van der Waals surface area contributed by atoms with Gasteiger partial charge in [0.2, 0.25) is 0 Å². The fourth-order valence-corrected chi connectivity index (χ4v) is 5.19. The highest BCUT2D eigenvalue weighted by atomic mass is 32.2. The van der Waals surface area contributed by atoms with Crippen molar-refractivity contribution in [1.29, 1.82) is 0 Å². The third-order valence-corrected chi connectivity index (χ3v) is 7.33. The average molecular weight is 490 g/mol. The second-order valence-corrected chi connectivity index (χ2v) is 9.68. The highest BCUT2D eigenvalue weighted by molar-refractivity contribution is 7.86. The van der Waals surface area contributed by atoms with Crippen molar-refractivity contribution in [1.82, 2.24) is 4.98 Å². The number of fused-ring (bicyclic) bond motifs is 1. The molecule has 2 heterocycles. The average Bonchev–Trinajstić information content (AvgIpc) is 2.86. The van der Waals surface area contributed by atoms with Crippen LogP contribution in [0.5, 0.6) is 0 Å². The third-order valence-electron chi connectivity index (χ3n) is 6.08. The number of pyridine rings is 1. The van der Waals surface area contributed by atoms with Gasteiger partial charge in [0.05, 0.1) is 30.1 Å². The summed E-state index contributed by atoms with van der Waals surface area (Å²) in [5.41, 5.74) is 4.01. The summed E-state index contributed by atoms with van der Waals surface area (Å²) in [4.78, 5) is 17.4. The standard InChI is InChI=1S/C27H24FN3O3S/c1-18-6-7-21(14-20(18)15-26-23-5-3-2-4-19(23)10-11-29-26)30-27(32)24-9-8-22(16-25(24)28)31-12-13-34-17-35(31)33/h2-11,14,16H,12-13,15,17H2,1H3,(H,30,32). The van der Waals surface area contributed by atoms with Crippen LogP contribution in [0.3, 0.4) is 0 Å². The molecule has 0 aliphatic carbocycles. The molecule has 1 atom stereocenters. The maximum Gasteiger partial charge on any atom is 0.258 e. The first-order valence-corrected chi connectivity index (χ1v) is 12.5. The zero-order chi connectivity index (χ0) is 24.4. The molecule has 0 radical (unpaired) electrons. The number of rotatable bonds is 5. The van der Waals surface area contributed by atoms with Crippen LogP contribution in [0.2, 0.25) is 0 Å². The zero-order valence-electron chi connectivity index (χ0n) is 19.2. The summed E-state index contributed by atoms with van der Waals surface area (Å²) < 4.78 is 33.7. The van der Waals surface area contributed by atoms with E-state index in [1.54, 1.807) is 22.6 Å². The van der Waals surface area contributed by atoms with Crippen molar-refractivity contribution in [3.8, 4) is 0 Å². The lowest BCUT2D eigenvalue weighted by atomic mass is 9.99. The molecule has 1 saturated heterocycles. The van der Waals surface area contributed by atoms with Crippen molar-refractivity contribution in [3.05, 3.63) is 101 Å². The molecule has 6 nitrogen and oxygen atoms in total. The van der Waals surface area contributed by atoms with Crippen molar-refractivity contribution in [3.63, 3.8) is 0 Å². The predicted molar refractivity (Wildman–Crippen MR) is 136 cm³/mol. The van der Waals surface area contributed by atoms with Gasteiger partial charge in [0, 0.05) is 23.7 Å². The Morgan fingerprint density at radius 2 is 2.00 bits per heavy atom. The molecule has 3 aromatic carbocycles. The summed E-state index contributed by atoms with van der Waals surface area (Å²) in [6.45, 7) is 2.83. The normalized spacial score (nSPS) is 15.8. The number of nitrogens with zero attached hydrogens (tertiary/aromatic N) is 2. The topological polar surface area (TPSA) is 71.5 Å². The number of hydrogen-bond acceptors (Lipinski definition) is 4. The number of nitrogens with one attached hydrogen (secondary N) is 1. The minimum absolute atomic E-state index is 0.0773. The molecule has 0 saturated carbocycles. The molecule has 1 aromatic heterocycles. The number of benzene rings is 3. The van der Waals surface area contributed by atoms with Crippen molar-refractivity contribution < 1.29 is 18.1 Å². The number of aryl methyl sites for hydroxylation is 1. The summed E-state index contributed by atoms with van der Waals surface area (Å²) in [6, 6.07) is 20.0. The fraction of sp³-hybridized carbons (Fsp3) is 0.185. The molecule has 1 aliphatic rings. The van der Waals surface area contributed by atoms with Crippen LogP contribution in [0, 0.1) is 12.7 Å². The first-order chi connectivity index (χ1) is 17.0. The predicted octanol–water partition coefficient (Wildman–Crippen LogP) is 4.98. The van der Waals surface area contributed by atoms with Crippen LogP contribution in [0.15, 0.2) is 72.9 Å². The van der Waals surface area contributed by atoms with Crippen LogP contribution in [-0.2, 0) is 22.1 Å². The van der Waals surface area contributed by atoms with E-state index in [4.69, 9.17) is 4.74 Å². The summed E-state index contributed by atoms with van der Waals surface area (Å²) in [6.07, 6.45) is 2.41. The van der Waals surface area contributed by atoms with Crippen LogP contribution in [0.1, 0.15) is 27.2 Å². The van der Waals surface area contributed by atoms with E-state index in [0.29, 0.717) is 30.9 Å². The van der Waals surface area contributed by atoms with Gasteiger partial charge in [0.15, 0.2) is 0 Å². The van der Waals surface area contributed by atoms with E-state index in [0.717, 1.165) is 27.6 Å². The van der Waals surface area contributed by atoms with Gasteiger partial charge in [0.25, 0.3) is 5.91 Å². The Bertz CT molecular complexity index is 1440. The summed E-state index contributed by atoms with van der Waals surface area (Å²) in [7, 11) is -1.38. The minimum Gasteiger partial charge on any atom is -0.364 e. The number of aromatic nitrogens is 1. The van der Waals surface area contributed by atoms with Crippen LogP contribution in [0.4, 0.5) is 15.8 Å². The molecule has 35 heavy (non-hydrogen) atoms. The summed E-state index contributed by atoms with van der Waals surface area (Å²) >= 11 is 0. The Kier molecular flexibility index (Phi) is 6.57. The van der Waals surface area contributed by atoms with E-state index in [1.807, 2.05) is 37.3 Å². The molecule has 0 spiro atoms. The van der Waals surface area contributed by atoms with Gasteiger partial charge in [-0.25, -0.2) is 8.60 Å². The molecule has 4 aromatic rings. The van der Waals surface area contributed by atoms with E-state index < -0.39 is 22.7 Å².